The maximum atomic E-state index is 6.31. The van der Waals surface area contributed by atoms with Gasteiger partial charge in [0.1, 0.15) is 0 Å². The summed E-state index contributed by atoms with van der Waals surface area (Å²) in [6.07, 6.45) is 3.87. The van der Waals surface area contributed by atoms with E-state index in [9.17, 15) is 0 Å². The second-order valence-electron chi connectivity index (χ2n) is 6.80. The third-order valence-electron chi connectivity index (χ3n) is 5.96. The number of nitrogens with zero attached hydrogens (tertiary/aromatic N) is 2. The number of piperidine rings is 3. The Balaban J connectivity index is 1.63. The van der Waals surface area contributed by atoms with Crippen LogP contribution in [-0.2, 0) is 13.0 Å². The van der Waals surface area contributed by atoms with Gasteiger partial charge in [0.05, 0.1) is 0 Å². The van der Waals surface area contributed by atoms with Crippen LogP contribution in [0.4, 0.5) is 0 Å². The number of nitrogens with two attached hydrogens (primary N) is 1. The molecule has 0 aliphatic carbocycles. The minimum atomic E-state index is 0.240. The zero-order valence-corrected chi connectivity index (χ0v) is 12.2. The molecule has 4 heterocycles. The minimum Gasteiger partial charge on any atom is -0.329 e. The third-order valence-corrected chi connectivity index (χ3v) is 5.96. The average molecular weight is 271 g/mol. The fraction of sp³-hybridized carbons (Fsp3) is 0.647. The summed E-state index contributed by atoms with van der Waals surface area (Å²) in [6, 6.07) is 8.93. The first-order chi connectivity index (χ1) is 9.82. The van der Waals surface area contributed by atoms with Crippen LogP contribution in [0.15, 0.2) is 24.3 Å². The summed E-state index contributed by atoms with van der Waals surface area (Å²) in [6.45, 7) is 6.86. The summed E-state index contributed by atoms with van der Waals surface area (Å²) in [4.78, 5) is 5.35. The van der Waals surface area contributed by atoms with Gasteiger partial charge in [-0.05, 0) is 49.4 Å². The topological polar surface area (TPSA) is 32.5 Å². The molecule has 2 bridgehead atoms. The Morgan fingerprint density at radius 2 is 1.85 bits per heavy atom. The van der Waals surface area contributed by atoms with Gasteiger partial charge in [-0.15, -0.1) is 0 Å². The van der Waals surface area contributed by atoms with Crippen LogP contribution in [0.5, 0.6) is 0 Å². The molecule has 1 atom stereocenters. The van der Waals surface area contributed by atoms with E-state index in [2.05, 4.69) is 34.1 Å². The predicted octanol–water partition coefficient (Wildman–Crippen LogP) is 1.47. The van der Waals surface area contributed by atoms with E-state index in [0.717, 1.165) is 19.0 Å². The Morgan fingerprint density at radius 3 is 2.50 bits per heavy atom. The highest BCUT2D eigenvalue weighted by molar-refractivity contribution is 5.30. The van der Waals surface area contributed by atoms with Crippen molar-refractivity contribution in [2.24, 2.45) is 11.7 Å². The molecule has 2 N–H and O–H groups in total. The van der Waals surface area contributed by atoms with E-state index in [1.807, 2.05) is 0 Å². The van der Waals surface area contributed by atoms with Crippen molar-refractivity contribution in [1.29, 1.82) is 0 Å². The molecule has 1 unspecified atom stereocenters. The molecule has 1 aromatic rings. The van der Waals surface area contributed by atoms with E-state index in [4.69, 9.17) is 5.73 Å². The van der Waals surface area contributed by atoms with Crippen molar-refractivity contribution in [2.45, 2.75) is 31.3 Å². The largest absolute Gasteiger partial charge is 0.329 e. The van der Waals surface area contributed by atoms with E-state index in [0.29, 0.717) is 0 Å². The lowest BCUT2D eigenvalue weighted by molar-refractivity contribution is -0.0733. The molecule has 3 heteroatoms. The highest BCUT2D eigenvalue weighted by atomic mass is 15.3. The van der Waals surface area contributed by atoms with Crippen LogP contribution < -0.4 is 5.73 Å². The number of rotatable bonds is 2. The molecule has 4 aliphatic heterocycles. The molecular formula is C17H25N3. The predicted molar refractivity (Wildman–Crippen MR) is 81.5 cm³/mol. The van der Waals surface area contributed by atoms with Gasteiger partial charge in [-0.3, -0.25) is 4.90 Å². The van der Waals surface area contributed by atoms with Gasteiger partial charge >= 0.3 is 0 Å². The molecule has 1 aromatic carbocycles. The summed E-state index contributed by atoms with van der Waals surface area (Å²) >= 11 is 0. The van der Waals surface area contributed by atoms with Crippen LogP contribution in [0.25, 0.3) is 0 Å². The fourth-order valence-corrected chi connectivity index (χ4v) is 4.74. The number of hydrogen-bond acceptors (Lipinski definition) is 3. The Labute approximate surface area is 121 Å². The van der Waals surface area contributed by atoms with Crippen molar-refractivity contribution >= 4 is 0 Å². The van der Waals surface area contributed by atoms with Crippen molar-refractivity contribution in [3.8, 4) is 0 Å². The molecule has 3 fully saturated rings. The first-order valence-electron chi connectivity index (χ1n) is 8.06. The lowest BCUT2D eigenvalue weighted by Gasteiger charge is -2.58. The van der Waals surface area contributed by atoms with Crippen molar-refractivity contribution in [3.05, 3.63) is 35.4 Å². The second kappa shape index (κ2) is 4.83. The normalized spacial score (nSPS) is 36.9. The van der Waals surface area contributed by atoms with Crippen LogP contribution >= 0.6 is 0 Å². The molecule has 0 saturated carbocycles. The Hall–Kier alpha value is -0.900. The molecule has 4 aliphatic rings. The smallest absolute Gasteiger partial charge is 0.0491 e. The monoisotopic (exact) mass is 271 g/mol. The maximum Gasteiger partial charge on any atom is 0.0491 e. The standard InChI is InChI=1S/C17H25N3/c18-12-17(13-19-8-6-16(17)7-9-19)20-10-5-14-3-1-2-4-15(14)11-20/h1-4,16H,5-13,18H2. The number of benzene rings is 1. The number of fused-ring (bicyclic) bond motifs is 4. The van der Waals surface area contributed by atoms with Crippen molar-refractivity contribution < 1.29 is 0 Å². The van der Waals surface area contributed by atoms with Gasteiger partial charge < -0.3 is 10.6 Å². The fourth-order valence-electron chi connectivity index (χ4n) is 4.74. The zero-order chi connectivity index (χ0) is 13.6. The van der Waals surface area contributed by atoms with Crippen LogP contribution in [0.1, 0.15) is 24.0 Å². The molecule has 0 amide bonds. The third kappa shape index (κ3) is 1.84. The van der Waals surface area contributed by atoms with Gasteiger partial charge in [0.2, 0.25) is 0 Å². The van der Waals surface area contributed by atoms with Gasteiger partial charge in [-0.1, -0.05) is 24.3 Å². The Kier molecular flexibility index (Phi) is 3.09. The van der Waals surface area contributed by atoms with E-state index in [1.54, 1.807) is 0 Å². The summed E-state index contributed by atoms with van der Waals surface area (Å²) in [5, 5.41) is 0. The van der Waals surface area contributed by atoms with E-state index < -0.39 is 0 Å². The molecule has 0 radical (unpaired) electrons. The molecule has 3 nitrogen and oxygen atoms in total. The SMILES string of the molecule is NCC1(N2CCc3ccccc3C2)CN2CCC1CC2. The molecule has 108 valence electrons. The lowest BCUT2D eigenvalue weighted by atomic mass is 9.71. The zero-order valence-electron chi connectivity index (χ0n) is 12.2. The van der Waals surface area contributed by atoms with Gasteiger partial charge in [0.25, 0.3) is 0 Å². The van der Waals surface area contributed by atoms with Crippen LogP contribution in [-0.4, -0.2) is 48.1 Å². The molecular weight excluding hydrogens is 246 g/mol. The highest BCUT2D eigenvalue weighted by Gasteiger charge is 2.49. The first-order valence-corrected chi connectivity index (χ1v) is 8.06. The highest BCUT2D eigenvalue weighted by Crippen LogP contribution is 2.41. The van der Waals surface area contributed by atoms with Crippen molar-refractivity contribution in [3.63, 3.8) is 0 Å². The summed E-state index contributed by atoms with van der Waals surface area (Å²) in [5.74, 6) is 0.808. The number of hydrogen-bond donors (Lipinski definition) is 1. The second-order valence-corrected chi connectivity index (χ2v) is 6.80. The summed E-state index contributed by atoms with van der Waals surface area (Å²) < 4.78 is 0. The van der Waals surface area contributed by atoms with Crippen molar-refractivity contribution in [2.75, 3.05) is 32.7 Å². The van der Waals surface area contributed by atoms with Crippen LogP contribution in [0.3, 0.4) is 0 Å². The quantitative estimate of drug-likeness (QED) is 0.884. The van der Waals surface area contributed by atoms with E-state index in [1.165, 1.54) is 56.6 Å². The summed E-state index contributed by atoms with van der Waals surface area (Å²) in [7, 11) is 0. The van der Waals surface area contributed by atoms with Crippen LogP contribution in [0.2, 0.25) is 0 Å². The van der Waals surface area contributed by atoms with Gasteiger partial charge in [0.15, 0.2) is 0 Å². The average Bonchev–Trinajstić information content (AvgIpc) is 2.55. The van der Waals surface area contributed by atoms with Gasteiger partial charge in [0, 0.05) is 31.7 Å². The lowest BCUT2D eigenvalue weighted by Crippen LogP contribution is -2.70. The van der Waals surface area contributed by atoms with Crippen molar-refractivity contribution in [1.82, 2.24) is 9.80 Å². The molecule has 3 saturated heterocycles. The minimum absolute atomic E-state index is 0.240. The molecule has 0 spiro atoms. The van der Waals surface area contributed by atoms with Crippen LogP contribution in [0, 0.1) is 5.92 Å². The maximum absolute atomic E-state index is 6.31. The first kappa shape index (κ1) is 12.8. The Bertz CT molecular complexity index is 493. The van der Waals surface area contributed by atoms with E-state index >= 15 is 0 Å². The van der Waals surface area contributed by atoms with E-state index in [-0.39, 0.29) is 5.54 Å². The van der Waals surface area contributed by atoms with Gasteiger partial charge in [-0.2, -0.15) is 0 Å². The summed E-state index contributed by atoms with van der Waals surface area (Å²) in [5.41, 5.74) is 9.60. The molecule has 5 rings (SSSR count). The van der Waals surface area contributed by atoms with Gasteiger partial charge in [-0.25, -0.2) is 0 Å². The molecule has 20 heavy (non-hydrogen) atoms. The Morgan fingerprint density at radius 1 is 1.10 bits per heavy atom. The molecule has 0 aromatic heterocycles.